The molecule has 1 aliphatic heterocycles. The van der Waals surface area contributed by atoms with Gasteiger partial charge in [0.05, 0.1) is 17.7 Å². The number of carbonyl (C=O) groups excluding carboxylic acids is 4. The summed E-state index contributed by atoms with van der Waals surface area (Å²) in [5, 5.41) is 3.01. The van der Waals surface area contributed by atoms with Crippen molar-refractivity contribution in [3.8, 4) is 0 Å². The van der Waals surface area contributed by atoms with Crippen LogP contribution in [0.5, 0.6) is 0 Å². The normalized spacial score (nSPS) is 15.0. The number of aromatic amines is 1. The lowest BCUT2D eigenvalue weighted by Gasteiger charge is -2.47. The lowest BCUT2D eigenvalue weighted by Crippen LogP contribution is -2.64. The Labute approximate surface area is 226 Å². The summed E-state index contributed by atoms with van der Waals surface area (Å²) in [6.45, 7) is -0.476. The summed E-state index contributed by atoms with van der Waals surface area (Å²) < 4.78 is 52.9. The van der Waals surface area contributed by atoms with Gasteiger partial charge in [-0.2, -0.15) is 13.2 Å². The molecule has 0 unspecified atom stereocenters. The zero-order valence-corrected chi connectivity index (χ0v) is 21.7. The van der Waals surface area contributed by atoms with Gasteiger partial charge in [0.1, 0.15) is 11.4 Å². The van der Waals surface area contributed by atoms with E-state index in [0.29, 0.717) is 30.3 Å². The van der Waals surface area contributed by atoms with Crippen molar-refractivity contribution in [1.82, 2.24) is 20.1 Å². The Kier molecular flexibility index (Phi) is 7.85. The molecule has 0 bridgehead atoms. The molecule has 40 heavy (non-hydrogen) atoms. The molecule has 0 saturated carbocycles. The van der Waals surface area contributed by atoms with Crippen molar-refractivity contribution in [1.29, 1.82) is 0 Å². The molecule has 0 atom stereocenters. The molecule has 1 fully saturated rings. The van der Waals surface area contributed by atoms with Gasteiger partial charge in [-0.1, -0.05) is 0 Å². The Bertz CT molecular complexity index is 1440. The fourth-order valence-corrected chi connectivity index (χ4v) is 4.94. The van der Waals surface area contributed by atoms with Crippen LogP contribution in [0.25, 0.3) is 10.9 Å². The van der Waals surface area contributed by atoms with Crippen LogP contribution in [0, 0.1) is 5.82 Å². The molecule has 1 saturated heterocycles. The van der Waals surface area contributed by atoms with Crippen LogP contribution in [0.4, 0.5) is 23.2 Å². The van der Waals surface area contributed by atoms with Crippen LogP contribution in [0.1, 0.15) is 28.8 Å². The van der Waals surface area contributed by atoms with Gasteiger partial charge in [0.15, 0.2) is 0 Å². The molecule has 1 aliphatic rings. The summed E-state index contributed by atoms with van der Waals surface area (Å²) in [6, 6.07) is 8.58. The zero-order valence-electron chi connectivity index (χ0n) is 21.7. The van der Waals surface area contributed by atoms with Crippen molar-refractivity contribution >= 4 is 40.7 Å². The lowest BCUT2D eigenvalue weighted by atomic mass is 9.83. The fourth-order valence-electron chi connectivity index (χ4n) is 4.94. The number of likely N-dealkylation sites (N-methyl/N-ethyl adjacent to an activating group) is 1. The first-order chi connectivity index (χ1) is 18.9. The number of amides is 4. The average Bonchev–Trinajstić information content (AvgIpc) is 3.39. The van der Waals surface area contributed by atoms with E-state index in [4.69, 9.17) is 0 Å². The number of fused-ring (bicyclic) bond motifs is 1. The molecule has 13 heteroatoms. The maximum absolute atomic E-state index is 14.0. The van der Waals surface area contributed by atoms with Gasteiger partial charge in [-0.15, -0.1) is 0 Å². The third-order valence-electron chi connectivity index (χ3n) is 7.07. The minimum atomic E-state index is -4.77. The third-order valence-corrected chi connectivity index (χ3v) is 7.07. The number of alkyl halides is 3. The fraction of sp³-hybridized carbons (Fsp3) is 0.333. The second-order valence-electron chi connectivity index (χ2n) is 9.71. The predicted octanol–water partition coefficient (Wildman–Crippen LogP) is 3.17. The highest BCUT2D eigenvalue weighted by molar-refractivity contribution is 5.99. The van der Waals surface area contributed by atoms with Crippen LogP contribution in [-0.2, 0) is 20.6 Å². The molecular weight excluding hydrogens is 534 g/mol. The first kappa shape index (κ1) is 28.6. The van der Waals surface area contributed by atoms with Gasteiger partial charge < -0.3 is 20.1 Å². The number of nitrogens with one attached hydrogen (secondary N) is 2. The molecule has 1 aromatic heterocycles. The van der Waals surface area contributed by atoms with Crippen molar-refractivity contribution in [3.05, 3.63) is 65.6 Å². The van der Waals surface area contributed by atoms with E-state index in [9.17, 15) is 36.7 Å². The van der Waals surface area contributed by atoms with E-state index < -0.39 is 47.0 Å². The molecule has 212 valence electrons. The number of hydrogen-bond donors (Lipinski definition) is 2. The highest BCUT2D eigenvalue weighted by Crippen LogP contribution is 2.35. The number of rotatable bonds is 7. The standard InChI is InChI=1S/C27H27F4N5O4/c1-34(2)25(40)26(36(16-37)19-4-6-22-17(13-19)7-10-32-22)8-11-35(12-9-26)23(38)15-33-24(39)20-14-18(27(29,30)31)3-5-21(20)28/h3-7,10,13-14,16,32H,8-9,11-12,15H2,1-2H3,(H,33,39). The number of hydrogen-bond acceptors (Lipinski definition) is 4. The quantitative estimate of drug-likeness (QED) is 0.342. The minimum Gasteiger partial charge on any atom is -0.361 e. The van der Waals surface area contributed by atoms with Gasteiger partial charge in [-0.3, -0.25) is 24.1 Å². The molecule has 4 rings (SSSR count). The number of likely N-dealkylation sites (tertiary alicyclic amines) is 1. The van der Waals surface area contributed by atoms with Crippen molar-refractivity contribution in [3.63, 3.8) is 0 Å². The zero-order chi connectivity index (χ0) is 29.2. The van der Waals surface area contributed by atoms with E-state index in [1.807, 2.05) is 6.07 Å². The third kappa shape index (κ3) is 5.49. The molecule has 2 aromatic carbocycles. The van der Waals surface area contributed by atoms with Gasteiger partial charge in [-0.05, 0) is 55.3 Å². The molecule has 9 nitrogen and oxygen atoms in total. The molecule has 2 N–H and O–H groups in total. The number of H-pyrrole nitrogens is 1. The summed E-state index contributed by atoms with van der Waals surface area (Å²) in [5.41, 5.74) is -1.95. The van der Waals surface area contributed by atoms with E-state index in [0.717, 1.165) is 10.9 Å². The maximum atomic E-state index is 14.0. The van der Waals surface area contributed by atoms with Crippen molar-refractivity contribution in [2.24, 2.45) is 0 Å². The van der Waals surface area contributed by atoms with E-state index >= 15 is 0 Å². The number of halogens is 4. The summed E-state index contributed by atoms with van der Waals surface area (Å²) in [7, 11) is 3.14. The Morgan fingerprint density at radius 3 is 2.40 bits per heavy atom. The highest BCUT2D eigenvalue weighted by atomic mass is 19.4. The van der Waals surface area contributed by atoms with Gasteiger partial charge in [-0.25, -0.2) is 4.39 Å². The number of nitrogens with zero attached hydrogens (tertiary/aromatic N) is 3. The first-order valence-corrected chi connectivity index (χ1v) is 12.3. The molecule has 3 aromatic rings. The Balaban J connectivity index is 1.47. The van der Waals surface area contributed by atoms with E-state index in [1.165, 1.54) is 14.7 Å². The second kappa shape index (κ2) is 11.0. The molecule has 2 heterocycles. The van der Waals surface area contributed by atoms with Gasteiger partial charge in [0.25, 0.3) is 5.91 Å². The van der Waals surface area contributed by atoms with Crippen LogP contribution in [0.2, 0.25) is 0 Å². The molecule has 0 aliphatic carbocycles. The minimum absolute atomic E-state index is 0.0585. The summed E-state index contributed by atoms with van der Waals surface area (Å²) in [4.78, 5) is 58.2. The number of piperidine rings is 1. The predicted molar refractivity (Wildman–Crippen MR) is 138 cm³/mol. The maximum Gasteiger partial charge on any atom is 0.416 e. The molecule has 0 spiro atoms. The lowest BCUT2D eigenvalue weighted by molar-refractivity contribution is -0.141. The van der Waals surface area contributed by atoms with E-state index in [-0.39, 0.29) is 31.8 Å². The molecular formula is C27H27F4N5O4. The Morgan fingerprint density at radius 1 is 1.07 bits per heavy atom. The van der Waals surface area contributed by atoms with Crippen LogP contribution < -0.4 is 10.2 Å². The largest absolute Gasteiger partial charge is 0.416 e. The number of aromatic nitrogens is 1. The van der Waals surface area contributed by atoms with Gasteiger partial charge in [0.2, 0.25) is 18.2 Å². The van der Waals surface area contributed by atoms with Gasteiger partial charge in [0, 0.05) is 50.0 Å². The smallest absolute Gasteiger partial charge is 0.361 e. The van der Waals surface area contributed by atoms with Crippen LogP contribution in [0.3, 0.4) is 0 Å². The number of carbonyl (C=O) groups is 4. The first-order valence-electron chi connectivity index (χ1n) is 12.3. The summed E-state index contributed by atoms with van der Waals surface area (Å²) in [6.07, 6.45) is -2.24. The topological polar surface area (TPSA) is 106 Å². The number of benzene rings is 2. The number of anilines is 1. The summed E-state index contributed by atoms with van der Waals surface area (Å²) >= 11 is 0. The average molecular weight is 562 g/mol. The SMILES string of the molecule is CN(C)C(=O)C1(N(C=O)c2ccc3[nH]ccc3c2)CCN(C(=O)CNC(=O)c2cc(C(F)(F)F)ccc2F)CC1. The van der Waals surface area contributed by atoms with E-state index in [2.05, 4.69) is 10.3 Å². The molecule has 4 amide bonds. The summed E-state index contributed by atoms with van der Waals surface area (Å²) in [5.74, 6) is -3.22. The Morgan fingerprint density at radius 2 is 1.77 bits per heavy atom. The van der Waals surface area contributed by atoms with Crippen LogP contribution >= 0.6 is 0 Å². The highest BCUT2D eigenvalue weighted by Gasteiger charge is 2.48. The van der Waals surface area contributed by atoms with Crippen molar-refractivity contribution in [2.45, 2.75) is 24.6 Å². The van der Waals surface area contributed by atoms with Crippen LogP contribution in [-0.4, -0.2) is 78.2 Å². The monoisotopic (exact) mass is 561 g/mol. The second-order valence-corrected chi connectivity index (χ2v) is 9.71. The van der Waals surface area contributed by atoms with E-state index in [1.54, 1.807) is 38.5 Å². The van der Waals surface area contributed by atoms with Crippen molar-refractivity contribution < 1.29 is 36.7 Å². The van der Waals surface area contributed by atoms with Gasteiger partial charge >= 0.3 is 6.18 Å². The van der Waals surface area contributed by atoms with Crippen molar-refractivity contribution in [2.75, 3.05) is 38.6 Å². The molecule has 0 radical (unpaired) electrons. The van der Waals surface area contributed by atoms with Crippen LogP contribution in [0.15, 0.2) is 48.7 Å². The Hall–Kier alpha value is -4.42.